The number of likely N-dealkylation sites (N-methyl/N-ethyl adjacent to an activating group) is 1. The second-order valence-corrected chi connectivity index (χ2v) is 8.78. The summed E-state index contributed by atoms with van der Waals surface area (Å²) in [6, 6.07) is 8.44. The molecule has 1 fully saturated rings. The van der Waals surface area contributed by atoms with E-state index in [1.807, 2.05) is 24.1 Å². The monoisotopic (exact) mass is 502 g/mol. The first-order valence-electron chi connectivity index (χ1n) is 11.1. The Morgan fingerprint density at radius 1 is 1.29 bits per heavy atom. The molecule has 11 heteroatoms. The minimum absolute atomic E-state index is 0.0144. The normalized spacial score (nSPS) is 14.6. The molecule has 0 radical (unpaired) electrons. The maximum absolute atomic E-state index is 14.5. The summed E-state index contributed by atoms with van der Waals surface area (Å²) in [6.07, 6.45) is 1.40. The van der Waals surface area contributed by atoms with Crippen molar-refractivity contribution in [2.24, 2.45) is 0 Å². The fourth-order valence-corrected chi connectivity index (χ4v) is 4.25. The molecule has 1 aliphatic heterocycles. The third kappa shape index (κ3) is 5.01. The average Bonchev–Trinajstić information content (AvgIpc) is 2.81. The number of carbonyl (C=O) groups is 1. The first kappa shape index (κ1) is 25.1. The average molecular weight is 503 g/mol. The van der Waals surface area contributed by atoms with E-state index in [2.05, 4.69) is 25.9 Å². The van der Waals surface area contributed by atoms with Crippen LogP contribution >= 0.6 is 11.6 Å². The number of hydrogen-bond donors (Lipinski definition) is 3. The molecule has 4 rings (SSSR count). The van der Waals surface area contributed by atoms with E-state index in [1.165, 1.54) is 12.4 Å². The minimum Gasteiger partial charge on any atom is -0.496 e. The molecule has 3 N–H and O–H groups in total. The SMILES string of the molecule is COCCNC(=O)C1(N(C)Cc2cc3c(Nc4cccc(Cl)c4F)ncnc3cc2OC)CNC1. The van der Waals surface area contributed by atoms with E-state index >= 15 is 0 Å². The molecule has 1 aromatic heterocycles. The zero-order chi connectivity index (χ0) is 25.0. The quantitative estimate of drug-likeness (QED) is 0.364. The van der Waals surface area contributed by atoms with Crippen molar-refractivity contribution in [1.29, 1.82) is 0 Å². The number of fused-ring (bicyclic) bond motifs is 1. The maximum Gasteiger partial charge on any atom is 0.243 e. The van der Waals surface area contributed by atoms with E-state index < -0.39 is 11.4 Å². The standard InChI is InChI=1S/C24H28ClFN6O3/c1-32(24(12-27-13-24)23(33)28-7-8-34-2)11-15-9-16-19(10-20(15)35-3)29-14-30-22(16)31-18-6-4-5-17(25)21(18)26/h4-6,9-10,14,27H,7-8,11-13H2,1-3H3,(H,28,33)(H,29,30,31). The molecule has 35 heavy (non-hydrogen) atoms. The fraction of sp³-hybridized carbons (Fsp3) is 0.375. The molecule has 1 aliphatic rings. The van der Waals surface area contributed by atoms with Gasteiger partial charge in [0.05, 0.1) is 29.9 Å². The smallest absolute Gasteiger partial charge is 0.243 e. The molecule has 2 aromatic carbocycles. The molecule has 0 bridgehead atoms. The fourth-order valence-electron chi connectivity index (χ4n) is 4.07. The number of aromatic nitrogens is 2. The van der Waals surface area contributed by atoms with Gasteiger partial charge in [-0.2, -0.15) is 0 Å². The largest absolute Gasteiger partial charge is 0.496 e. The van der Waals surface area contributed by atoms with Crippen molar-refractivity contribution in [1.82, 2.24) is 25.5 Å². The van der Waals surface area contributed by atoms with Crippen LogP contribution in [0.3, 0.4) is 0 Å². The summed E-state index contributed by atoms with van der Waals surface area (Å²) in [5.74, 6) is 0.441. The first-order chi connectivity index (χ1) is 16.9. The summed E-state index contributed by atoms with van der Waals surface area (Å²) in [5, 5.41) is 9.87. The summed E-state index contributed by atoms with van der Waals surface area (Å²) < 4.78 is 25.2. The topological polar surface area (TPSA) is 101 Å². The van der Waals surface area contributed by atoms with Crippen LogP contribution in [0.5, 0.6) is 5.75 Å². The van der Waals surface area contributed by atoms with E-state index in [1.54, 1.807) is 26.4 Å². The zero-order valence-corrected chi connectivity index (χ0v) is 20.6. The summed E-state index contributed by atoms with van der Waals surface area (Å²) >= 11 is 5.93. The van der Waals surface area contributed by atoms with Crippen LogP contribution < -0.4 is 20.7 Å². The molecule has 1 saturated heterocycles. The van der Waals surface area contributed by atoms with Crippen LogP contribution in [0.25, 0.3) is 10.9 Å². The Balaban J connectivity index is 1.65. The Hall–Kier alpha value is -3.05. The number of hydrogen-bond acceptors (Lipinski definition) is 8. The van der Waals surface area contributed by atoms with Crippen LogP contribution in [0.4, 0.5) is 15.9 Å². The minimum atomic E-state index is -0.689. The number of rotatable bonds is 10. The number of amides is 1. The third-order valence-electron chi connectivity index (χ3n) is 6.23. The highest BCUT2D eigenvalue weighted by molar-refractivity contribution is 6.31. The van der Waals surface area contributed by atoms with Gasteiger partial charge in [0.2, 0.25) is 5.91 Å². The summed E-state index contributed by atoms with van der Waals surface area (Å²) in [7, 11) is 5.09. The lowest BCUT2D eigenvalue weighted by Crippen LogP contribution is -2.74. The molecule has 0 unspecified atom stereocenters. The van der Waals surface area contributed by atoms with Crippen molar-refractivity contribution < 1.29 is 18.7 Å². The van der Waals surface area contributed by atoms with E-state index in [0.717, 1.165) is 5.56 Å². The number of anilines is 2. The highest BCUT2D eigenvalue weighted by Crippen LogP contribution is 2.33. The Morgan fingerprint density at radius 2 is 2.09 bits per heavy atom. The molecule has 0 aliphatic carbocycles. The van der Waals surface area contributed by atoms with Crippen molar-refractivity contribution in [2.75, 3.05) is 52.8 Å². The summed E-state index contributed by atoms with van der Waals surface area (Å²) in [4.78, 5) is 23.7. The molecule has 1 amide bonds. The molecular weight excluding hydrogens is 475 g/mol. The van der Waals surface area contributed by atoms with Crippen LogP contribution in [0.1, 0.15) is 5.56 Å². The van der Waals surface area contributed by atoms with Gasteiger partial charge in [-0.25, -0.2) is 14.4 Å². The zero-order valence-electron chi connectivity index (χ0n) is 19.8. The van der Waals surface area contributed by atoms with E-state index in [-0.39, 0.29) is 16.6 Å². The van der Waals surface area contributed by atoms with Crippen molar-refractivity contribution in [3.05, 3.63) is 53.1 Å². The number of nitrogens with one attached hydrogen (secondary N) is 3. The molecule has 9 nitrogen and oxygen atoms in total. The number of methoxy groups -OCH3 is 2. The van der Waals surface area contributed by atoms with Crippen molar-refractivity contribution in [3.8, 4) is 5.75 Å². The lowest BCUT2D eigenvalue weighted by Gasteiger charge is -2.47. The molecule has 0 atom stereocenters. The Kier molecular flexibility index (Phi) is 7.66. The second-order valence-electron chi connectivity index (χ2n) is 8.37. The summed E-state index contributed by atoms with van der Waals surface area (Å²) in [6.45, 7) is 2.37. The maximum atomic E-state index is 14.5. The first-order valence-corrected chi connectivity index (χ1v) is 11.5. The number of nitrogens with zero attached hydrogens (tertiary/aromatic N) is 3. The Labute approximate surface area is 208 Å². The van der Waals surface area contributed by atoms with Crippen molar-refractivity contribution in [2.45, 2.75) is 12.1 Å². The van der Waals surface area contributed by atoms with Gasteiger partial charge in [-0.1, -0.05) is 17.7 Å². The van der Waals surface area contributed by atoms with Gasteiger partial charge in [0.25, 0.3) is 0 Å². The van der Waals surface area contributed by atoms with Gasteiger partial charge in [0.15, 0.2) is 5.82 Å². The van der Waals surface area contributed by atoms with Gasteiger partial charge in [0, 0.05) is 50.3 Å². The van der Waals surface area contributed by atoms with Crippen LogP contribution in [0.15, 0.2) is 36.7 Å². The van der Waals surface area contributed by atoms with Gasteiger partial charge < -0.3 is 25.4 Å². The lowest BCUT2D eigenvalue weighted by atomic mass is 9.88. The predicted molar refractivity (Wildman–Crippen MR) is 133 cm³/mol. The highest BCUT2D eigenvalue weighted by Gasteiger charge is 2.47. The van der Waals surface area contributed by atoms with E-state index in [4.69, 9.17) is 21.1 Å². The number of ether oxygens (including phenoxy) is 2. The molecule has 3 aromatic rings. The molecular formula is C24H28ClFN6O3. The van der Waals surface area contributed by atoms with Crippen LogP contribution in [0, 0.1) is 5.82 Å². The third-order valence-corrected chi connectivity index (χ3v) is 6.52. The van der Waals surface area contributed by atoms with Gasteiger partial charge in [-0.05, 0) is 25.2 Å². The Morgan fingerprint density at radius 3 is 2.77 bits per heavy atom. The van der Waals surface area contributed by atoms with Crippen molar-refractivity contribution in [3.63, 3.8) is 0 Å². The van der Waals surface area contributed by atoms with Gasteiger partial charge in [-0.3, -0.25) is 9.69 Å². The number of carbonyl (C=O) groups excluding carboxylic acids is 1. The van der Waals surface area contributed by atoms with E-state index in [0.29, 0.717) is 55.3 Å². The highest BCUT2D eigenvalue weighted by atomic mass is 35.5. The van der Waals surface area contributed by atoms with Gasteiger partial charge >= 0.3 is 0 Å². The summed E-state index contributed by atoms with van der Waals surface area (Å²) in [5.41, 5.74) is 0.985. The predicted octanol–water partition coefficient (Wildman–Crippen LogP) is 2.71. The Bertz CT molecular complexity index is 1220. The van der Waals surface area contributed by atoms with Gasteiger partial charge in [0.1, 0.15) is 23.4 Å². The second kappa shape index (κ2) is 10.7. The van der Waals surface area contributed by atoms with Crippen LogP contribution in [-0.2, 0) is 16.1 Å². The van der Waals surface area contributed by atoms with Crippen LogP contribution in [-0.4, -0.2) is 73.8 Å². The van der Waals surface area contributed by atoms with Crippen molar-refractivity contribution >= 4 is 39.9 Å². The number of halogens is 2. The number of benzene rings is 2. The molecule has 0 saturated carbocycles. The molecule has 2 heterocycles. The lowest BCUT2D eigenvalue weighted by molar-refractivity contribution is -0.137. The van der Waals surface area contributed by atoms with Gasteiger partial charge in [-0.15, -0.1) is 0 Å². The molecule has 0 spiro atoms. The molecule has 186 valence electrons. The van der Waals surface area contributed by atoms with Crippen LogP contribution in [0.2, 0.25) is 5.02 Å². The van der Waals surface area contributed by atoms with E-state index in [9.17, 15) is 9.18 Å².